The second-order valence-corrected chi connectivity index (χ2v) is 3.19. The number of carbonyl (C=O) groups is 1. The maximum absolute atomic E-state index is 10.4. The largest absolute Gasteiger partial charge is 0.479 e. The monoisotopic (exact) mass is 232 g/mol. The van der Waals surface area contributed by atoms with Gasteiger partial charge in [0, 0.05) is 17.4 Å². The normalized spacial score (nSPS) is 14.6. The molecule has 1 aromatic heterocycles. The van der Waals surface area contributed by atoms with Crippen LogP contribution in [-0.4, -0.2) is 32.4 Å². The molecule has 0 bridgehead atoms. The Labute approximate surface area is 89.9 Å². The van der Waals surface area contributed by atoms with Gasteiger partial charge in [0.05, 0.1) is 0 Å². The molecule has 1 aromatic rings. The third kappa shape index (κ3) is 2.35. The Bertz CT molecular complexity index is 365. The molecule has 0 aromatic carbocycles. The van der Waals surface area contributed by atoms with E-state index in [0.717, 1.165) is 0 Å². The van der Waals surface area contributed by atoms with E-state index in [0.29, 0.717) is 0 Å². The quantitative estimate of drug-likeness (QED) is 0.536. The lowest BCUT2D eigenvalue weighted by Gasteiger charge is -2.16. The molecule has 15 heavy (non-hydrogen) atoms. The van der Waals surface area contributed by atoms with Crippen LogP contribution in [0.15, 0.2) is 12.3 Å². The molecule has 6 nitrogen and oxygen atoms in total. The van der Waals surface area contributed by atoms with E-state index in [9.17, 15) is 9.90 Å². The predicted molar refractivity (Wildman–Crippen MR) is 52.3 cm³/mol. The first-order chi connectivity index (χ1) is 6.95. The molecule has 0 amide bonds. The van der Waals surface area contributed by atoms with Gasteiger partial charge in [-0.1, -0.05) is 11.6 Å². The van der Waals surface area contributed by atoms with Crippen LogP contribution in [0.2, 0.25) is 5.15 Å². The number of nitrogens with zero attached hydrogens (tertiary/aromatic N) is 1. The highest BCUT2D eigenvalue weighted by atomic mass is 35.5. The van der Waals surface area contributed by atoms with Crippen molar-refractivity contribution in [3.63, 3.8) is 0 Å². The van der Waals surface area contributed by atoms with E-state index in [2.05, 4.69) is 4.98 Å². The predicted octanol–water partition coefficient (Wildman–Crippen LogP) is -0.204. The van der Waals surface area contributed by atoms with Gasteiger partial charge in [0.2, 0.25) is 0 Å². The number of carboxylic acid groups (broad SMARTS) is 1. The van der Waals surface area contributed by atoms with Gasteiger partial charge < -0.3 is 21.1 Å². The van der Waals surface area contributed by atoms with Gasteiger partial charge in [-0.25, -0.2) is 9.78 Å². The van der Waals surface area contributed by atoms with Crippen LogP contribution in [0.3, 0.4) is 0 Å². The molecule has 7 heteroatoms. The Balaban J connectivity index is 3.10. The van der Waals surface area contributed by atoms with E-state index in [4.69, 9.17) is 27.5 Å². The molecule has 0 aliphatic rings. The van der Waals surface area contributed by atoms with Crippen molar-refractivity contribution < 1.29 is 20.1 Å². The summed E-state index contributed by atoms with van der Waals surface area (Å²) in [6.07, 6.45) is -2.39. The lowest BCUT2D eigenvalue weighted by atomic mass is 10.1. The molecule has 0 saturated carbocycles. The Hall–Kier alpha value is -1.37. The highest BCUT2D eigenvalue weighted by Crippen LogP contribution is 2.28. The number of rotatable bonds is 3. The van der Waals surface area contributed by atoms with Gasteiger partial charge in [-0.05, 0) is 6.07 Å². The Morgan fingerprint density at radius 3 is 2.60 bits per heavy atom. The van der Waals surface area contributed by atoms with Crippen molar-refractivity contribution in [2.75, 3.05) is 5.73 Å². The van der Waals surface area contributed by atoms with Crippen LogP contribution in [0.5, 0.6) is 0 Å². The summed E-state index contributed by atoms with van der Waals surface area (Å²) >= 11 is 5.62. The number of anilines is 1. The molecule has 1 heterocycles. The van der Waals surface area contributed by atoms with Crippen molar-refractivity contribution in [2.45, 2.75) is 12.2 Å². The molecule has 2 atom stereocenters. The maximum atomic E-state index is 10.4. The van der Waals surface area contributed by atoms with Crippen LogP contribution in [0.1, 0.15) is 11.7 Å². The van der Waals surface area contributed by atoms with E-state index in [1.54, 1.807) is 0 Å². The number of halogens is 1. The van der Waals surface area contributed by atoms with Crippen LogP contribution in [0, 0.1) is 0 Å². The topological polar surface area (TPSA) is 117 Å². The second-order valence-electron chi connectivity index (χ2n) is 2.83. The summed E-state index contributed by atoms with van der Waals surface area (Å²) < 4.78 is 0. The highest BCUT2D eigenvalue weighted by Gasteiger charge is 2.28. The zero-order chi connectivity index (χ0) is 11.6. The summed E-state index contributed by atoms with van der Waals surface area (Å²) in [6.45, 7) is 0. The first kappa shape index (κ1) is 11.7. The van der Waals surface area contributed by atoms with Crippen molar-refractivity contribution in [2.24, 2.45) is 0 Å². The highest BCUT2D eigenvalue weighted by molar-refractivity contribution is 6.30. The second kappa shape index (κ2) is 4.43. The van der Waals surface area contributed by atoms with Crippen molar-refractivity contribution in [1.29, 1.82) is 0 Å². The lowest BCUT2D eigenvalue weighted by Crippen LogP contribution is -2.28. The molecular formula is C8H9ClN2O4. The van der Waals surface area contributed by atoms with E-state index >= 15 is 0 Å². The first-order valence-electron chi connectivity index (χ1n) is 3.94. The minimum absolute atomic E-state index is 0.0720. The molecule has 0 fully saturated rings. The van der Waals surface area contributed by atoms with E-state index in [1.165, 1.54) is 12.3 Å². The maximum Gasteiger partial charge on any atom is 0.335 e. The lowest BCUT2D eigenvalue weighted by molar-refractivity contribution is -0.153. The summed E-state index contributed by atoms with van der Waals surface area (Å²) in [5, 5.41) is 26.9. The fraction of sp³-hybridized carbons (Fsp3) is 0.250. The van der Waals surface area contributed by atoms with Crippen LogP contribution >= 0.6 is 11.6 Å². The SMILES string of the molecule is Nc1ccnc(Cl)c1C(O)C(O)C(=O)O. The zero-order valence-electron chi connectivity index (χ0n) is 7.46. The fourth-order valence-corrected chi connectivity index (χ4v) is 1.32. The van der Waals surface area contributed by atoms with Gasteiger partial charge in [0.25, 0.3) is 0 Å². The molecule has 0 saturated heterocycles. The Kier molecular flexibility index (Phi) is 3.46. The number of aromatic nitrogens is 1. The average Bonchev–Trinajstić information content (AvgIpc) is 2.15. The van der Waals surface area contributed by atoms with Crippen molar-refractivity contribution in [3.05, 3.63) is 23.0 Å². The number of aliphatic hydroxyl groups excluding tert-OH is 2. The molecular weight excluding hydrogens is 224 g/mol. The Morgan fingerprint density at radius 2 is 2.13 bits per heavy atom. The first-order valence-corrected chi connectivity index (χ1v) is 4.31. The smallest absolute Gasteiger partial charge is 0.335 e. The average molecular weight is 233 g/mol. The summed E-state index contributed by atoms with van der Waals surface area (Å²) in [6, 6.07) is 1.35. The van der Waals surface area contributed by atoms with Crippen molar-refractivity contribution >= 4 is 23.3 Å². The zero-order valence-corrected chi connectivity index (χ0v) is 8.22. The van der Waals surface area contributed by atoms with Gasteiger partial charge in [-0.2, -0.15) is 0 Å². The molecule has 2 unspecified atom stereocenters. The number of carboxylic acids is 1. The molecule has 0 spiro atoms. The fourth-order valence-electron chi connectivity index (χ4n) is 1.05. The van der Waals surface area contributed by atoms with Crippen molar-refractivity contribution in [3.8, 4) is 0 Å². The van der Waals surface area contributed by atoms with Crippen LogP contribution in [0.25, 0.3) is 0 Å². The number of hydrogen-bond acceptors (Lipinski definition) is 5. The van der Waals surface area contributed by atoms with Gasteiger partial charge in [-0.15, -0.1) is 0 Å². The molecule has 0 aliphatic heterocycles. The van der Waals surface area contributed by atoms with Gasteiger partial charge >= 0.3 is 5.97 Å². The summed E-state index contributed by atoms with van der Waals surface area (Å²) in [4.78, 5) is 14.0. The number of hydrogen-bond donors (Lipinski definition) is 4. The number of nitrogen functional groups attached to an aromatic ring is 1. The molecule has 0 aliphatic carbocycles. The number of aliphatic hydroxyl groups is 2. The minimum atomic E-state index is -1.99. The molecule has 0 radical (unpaired) electrons. The number of pyridine rings is 1. The standard InChI is InChI=1S/C8H9ClN2O4/c9-7-4(3(10)1-2-11-7)5(12)6(13)8(14)15/h1-2,5-6,12-13H,(H2,10,11)(H,14,15). The molecule has 1 rings (SSSR count). The minimum Gasteiger partial charge on any atom is -0.479 e. The van der Waals surface area contributed by atoms with E-state index in [-0.39, 0.29) is 16.4 Å². The summed E-state index contributed by atoms with van der Waals surface area (Å²) in [5.74, 6) is -1.57. The number of aliphatic carboxylic acids is 1. The van der Waals surface area contributed by atoms with Crippen LogP contribution in [-0.2, 0) is 4.79 Å². The number of nitrogens with two attached hydrogens (primary N) is 1. The molecule has 82 valence electrons. The van der Waals surface area contributed by atoms with Gasteiger partial charge in [-0.3, -0.25) is 0 Å². The third-order valence-corrected chi connectivity index (χ3v) is 2.12. The van der Waals surface area contributed by atoms with Gasteiger partial charge in [0.1, 0.15) is 11.3 Å². The third-order valence-electron chi connectivity index (χ3n) is 1.82. The van der Waals surface area contributed by atoms with Crippen LogP contribution in [0.4, 0.5) is 5.69 Å². The van der Waals surface area contributed by atoms with E-state index < -0.39 is 18.2 Å². The van der Waals surface area contributed by atoms with Crippen molar-refractivity contribution in [1.82, 2.24) is 4.98 Å². The molecule has 5 N–H and O–H groups in total. The summed E-state index contributed by atoms with van der Waals surface area (Å²) in [5.41, 5.74) is 5.45. The Morgan fingerprint density at radius 1 is 1.53 bits per heavy atom. The van der Waals surface area contributed by atoms with Gasteiger partial charge in [0.15, 0.2) is 6.10 Å². The van der Waals surface area contributed by atoms with Crippen LogP contribution < -0.4 is 5.73 Å². The summed E-state index contributed by atoms with van der Waals surface area (Å²) in [7, 11) is 0. The van der Waals surface area contributed by atoms with E-state index in [1.807, 2.05) is 0 Å².